The molecule has 0 atom stereocenters. The Kier molecular flexibility index (Phi) is 5.39. The number of alkyl halides is 3. The largest absolute Gasteiger partial charge is 0.573 e. The molecule has 0 bridgehead atoms. The number of carbonyl (C=O) groups excluding carboxylic acids is 2. The highest BCUT2D eigenvalue weighted by Crippen LogP contribution is 2.35. The van der Waals surface area contributed by atoms with Crippen molar-refractivity contribution in [1.29, 1.82) is 0 Å². The molecule has 1 aliphatic heterocycles. The van der Waals surface area contributed by atoms with E-state index >= 15 is 0 Å². The Morgan fingerprint density at radius 3 is 2.30 bits per heavy atom. The second-order valence-corrected chi connectivity index (χ2v) is 7.98. The molecule has 3 amide bonds. The monoisotopic (exact) mass is 460 g/mol. The number of ether oxygens (including phenoxy) is 1. The van der Waals surface area contributed by atoms with Gasteiger partial charge in [-0.15, -0.1) is 13.2 Å². The average Bonchev–Trinajstić information content (AvgIpc) is 2.93. The third kappa shape index (κ3) is 4.04. The molecule has 172 valence electrons. The van der Waals surface area contributed by atoms with E-state index in [2.05, 4.69) is 4.74 Å². The molecule has 1 saturated heterocycles. The number of imide groups is 1. The number of benzene rings is 2. The van der Waals surface area contributed by atoms with Crippen molar-refractivity contribution in [1.82, 2.24) is 4.90 Å². The van der Waals surface area contributed by atoms with Gasteiger partial charge in [0.15, 0.2) is 0 Å². The maximum atomic E-state index is 13.3. The molecule has 0 N–H and O–H groups in total. The van der Waals surface area contributed by atoms with Gasteiger partial charge in [0, 0.05) is 23.4 Å². The van der Waals surface area contributed by atoms with Crippen LogP contribution in [-0.4, -0.2) is 35.8 Å². The van der Waals surface area contributed by atoms with Gasteiger partial charge in [-0.25, -0.2) is 9.69 Å². The quantitative estimate of drug-likeness (QED) is 0.429. The molecule has 1 aliphatic rings. The van der Waals surface area contributed by atoms with Crippen molar-refractivity contribution in [2.24, 2.45) is 0 Å². The molecule has 3 aromatic rings. The fraction of sp³-hybridized carbons (Fsp3) is 0.261. The molecule has 0 unspecified atom stereocenters. The summed E-state index contributed by atoms with van der Waals surface area (Å²) in [6.45, 7) is 3.41. The number of fused-ring (bicyclic) bond motifs is 1. The van der Waals surface area contributed by atoms with E-state index in [0.717, 1.165) is 33.5 Å². The maximum Gasteiger partial charge on any atom is 0.573 e. The number of nitrogens with zero attached hydrogens (tertiary/aromatic N) is 3. The van der Waals surface area contributed by atoms with Gasteiger partial charge in [-0.2, -0.15) is 0 Å². The molecule has 1 fully saturated rings. The SMILES string of the molecule is CO[n+]1ccc(CN2C(=O)N(c3ccc(OC(F)(F)F)cc3)C(=O)C2(C)C)c2ccccc21. The molecule has 0 radical (unpaired) electrons. The summed E-state index contributed by atoms with van der Waals surface area (Å²) in [5.41, 5.74) is 0.589. The summed E-state index contributed by atoms with van der Waals surface area (Å²) in [5.74, 6) is -0.923. The summed E-state index contributed by atoms with van der Waals surface area (Å²) in [6, 6.07) is 13.4. The molecule has 2 heterocycles. The van der Waals surface area contributed by atoms with E-state index in [1.54, 1.807) is 31.9 Å². The Morgan fingerprint density at radius 2 is 1.67 bits per heavy atom. The minimum Gasteiger partial charge on any atom is -0.406 e. The first-order chi connectivity index (χ1) is 15.5. The maximum absolute atomic E-state index is 13.3. The molecule has 0 spiro atoms. The normalized spacial score (nSPS) is 15.9. The highest BCUT2D eigenvalue weighted by atomic mass is 19.4. The first-order valence-corrected chi connectivity index (χ1v) is 10.0. The molecule has 33 heavy (non-hydrogen) atoms. The fourth-order valence-corrected chi connectivity index (χ4v) is 3.86. The topological polar surface area (TPSA) is 63.0 Å². The number of amides is 3. The second-order valence-electron chi connectivity index (χ2n) is 7.98. The van der Waals surface area contributed by atoms with Crippen LogP contribution in [0.4, 0.5) is 23.7 Å². The van der Waals surface area contributed by atoms with Gasteiger partial charge in [0.1, 0.15) is 18.4 Å². The van der Waals surface area contributed by atoms with Gasteiger partial charge in [0.2, 0.25) is 6.20 Å². The van der Waals surface area contributed by atoms with Crippen LogP contribution in [-0.2, 0) is 11.3 Å². The number of hydrogen-bond acceptors (Lipinski definition) is 4. The molecule has 2 aromatic carbocycles. The van der Waals surface area contributed by atoms with Crippen molar-refractivity contribution in [3.8, 4) is 5.75 Å². The van der Waals surface area contributed by atoms with Gasteiger partial charge < -0.3 is 9.64 Å². The van der Waals surface area contributed by atoms with Crippen LogP contribution in [0.15, 0.2) is 60.8 Å². The lowest BCUT2D eigenvalue weighted by atomic mass is 10.0. The third-order valence-corrected chi connectivity index (χ3v) is 5.58. The Balaban J connectivity index is 1.66. The Bertz CT molecular complexity index is 1230. The lowest BCUT2D eigenvalue weighted by Crippen LogP contribution is -2.44. The van der Waals surface area contributed by atoms with Crippen LogP contribution in [0, 0.1) is 0 Å². The number of halogens is 3. The van der Waals surface area contributed by atoms with E-state index in [9.17, 15) is 22.8 Å². The van der Waals surface area contributed by atoms with Crippen molar-refractivity contribution in [2.45, 2.75) is 32.3 Å². The van der Waals surface area contributed by atoms with Crippen LogP contribution < -0.4 is 19.2 Å². The number of anilines is 1. The van der Waals surface area contributed by atoms with E-state index in [1.807, 2.05) is 30.3 Å². The Hall–Kier alpha value is -3.82. The Morgan fingerprint density at radius 1 is 1.00 bits per heavy atom. The summed E-state index contributed by atoms with van der Waals surface area (Å²) < 4.78 is 42.7. The molecule has 0 saturated carbocycles. The van der Waals surface area contributed by atoms with Gasteiger partial charge in [-0.1, -0.05) is 12.1 Å². The summed E-state index contributed by atoms with van der Waals surface area (Å²) in [5, 5.41) is 0.852. The summed E-state index contributed by atoms with van der Waals surface area (Å²) in [6.07, 6.45) is -3.11. The van der Waals surface area contributed by atoms with Crippen LogP contribution >= 0.6 is 0 Å². The number of aromatic nitrogens is 1. The second kappa shape index (κ2) is 7.95. The van der Waals surface area contributed by atoms with Gasteiger partial charge in [0.05, 0.1) is 11.1 Å². The molecule has 1 aromatic heterocycles. The van der Waals surface area contributed by atoms with Crippen molar-refractivity contribution >= 4 is 28.5 Å². The summed E-state index contributed by atoms with van der Waals surface area (Å²) >= 11 is 0. The first kappa shape index (κ1) is 22.4. The summed E-state index contributed by atoms with van der Waals surface area (Å²) in [4.78, 5) is 34.2. The molecule has 7 nitrogen and oxygen atoms in total. The zero-order chi connectivity index (χ0) is 24.0. The fourth-order valence-electron chi connectivity index (χ4n) is 3.86. The standard InChI is InChI=1S/C23H21F3N3O4/c1-22(2)20(30)29(16-8-10-17(11-9-16)33-23(24,25)26)21(31)27(22)14-15-12-13-28(32-3)19-7-5-4-6-18(15)19/h4-13H,14H2,1-3H3/q+1. The Labute approximate surface area is 187 Å². The highest BCUT2D eigenvalue weighted by Gasteiger charge is 2.52. The van der Waals surface area contributed by atoms with Crippen LogP contribution in [0.25, 0.3) is 10.9 Å². The number of hydrogen-bond donors (Lipinski definition) is 0. The van der Waals surface area contributed by atoms with Gasteiger partial charge in [-0.3, -0.25) is 9.63 Å². The predicted molar refractivity (Wildman–Crippen MR) is 112 cm³/mol. The van der Waals surface area contributed by atoms with Crippen molar-refractivity contribution in [3.05, 3.63) is 66.4 Å². The lowest BCUT2D eigenvalue weighted by molar-refractivity contribution is -0.865. The average molecular weight is 460 g/mol. The smallest absolute Gasteiger partial charge is 0.406 e. The van der Waals surface area contributed by atoms with Crippen LogP contribution in [0.3, 0.4) is 0 Å². The number of rotatable bonds is 5. The first-order valence-electron chi connectivity index (χ1n) is 10.0. The van der Waals surface area contributed by atoms with Crippen LogP contribution in [0.5, 0.6) is 5.75 Å². The lowest BCUT2D eigenvalue weighted by Gasteiger charge is -2.27. The summed E-state index contributed by atoms with van der Waals surface area (Å²) in [7, 11) is 1.54. The molecule has 4 rings (SSSR count). The van der Waals surface area contributed by atoms with E-state index < -0.39 is 29.6 Å². The third-order valence-electron chi connectivity index (χ3n) is 5.58. The van der Waals surface area contributed by atoms with Gasteiger partial charge >= 0.3 is 12.4 Å². The highest BCUT2D eigenvalue weighted by molar-refractivity contribution is 6.23. The zero-order valence-electron chi connectivity index (χ0n) is 18.1. The molecular weight excluding hydrogens is 439 g/mol. The number of carbonyl (C=O) groups is 2. The van der Waals surface area contributed by atoms with Crippen molar-refractivity contribution in [2.75, 3.05) is 12.0 Å². The number of urea groups is 1. The number of pyridine rings is 1. The van der Waals surface area contributed by atoms with Gasteiger partial charge in [0.25, 0.3) is 11.4 Å². The van der Waals surface area contributed by atoms with Gasteiger partial charge in [-0.05, 0) is 49.7 Å². The van der Waals surface area contributed by atoms with E-state index in [0.29, 0.717) is 0 Å². The van der Waals surface area contributed by atoms with E-state index in [1.165, 1.54) is 17.0 Å². The van der Waals surface area contributed by atoms with E-state index in [4.69, 9.17) is 4.84 Å². The number of para-hydroxylation sites is 1. The van der Waals surface area contributed by atoms with Crippen molar-refractivity contribution < 1.29 is 37.1 Å². The minimum absolute atomic E-state index is 0.147. The van der Waals surface area contributed by atoms with E-state index in [-0.39, 0.29) is 12.2 Å². The molecule has 0 aliphatic carbocycles. The zero-order valence-corrected chi connectivity index (χ0v) is 18.1. The van der Waals surface area contributed by atoms with Crippen LogP contribution in [0.2, 0.25) is 0 Å². The predicted octanol–water partition coefficient (Wildman–Crippen LogP) is 3.83. The minimum atomic E-state index is -4.83. The van der Waals surface area contributed by atoms with Crippen LogP contribution in [0.1, 0.15) is 19.4 Å². The molecular formula is C23H21F3N3O4+. The molecule has 10 heteroatoms. The van der Waals surface area contributed by atoms with Crippen molar-refractivity contribution in [3.63, 3.8) is 0 Å².